The summed E-state index contributed by atoms with van der Waals surface area (Å²) in [7, 11) is 0. The Morgan fingerprint density at radius 3 is 2.73 bits per heavy atom. The lowest BCUT2D eigenvalue weighted by Crippen LogP contribution is -2.08. The Kier molecular flexibility index (Phi) is 5.56. The monoisotopic (exact) mass is 152 g/mol. The van der Waals surface area contributed by atoms with Gasteiger partial charge < -0.3 is 0 Å². The number of hydrogen-bond acceptors (Lipinski definition) is 1. The molecule has 0 heterocycles. The maximum atomic E-state index is 11.1. The highest BCUT2D eigenvalue weighted by Crippen LogP contribution is 2.09. The van der Waals surface area contributed by atoms with E-state index in [4.69, 9.17) is 6.42 Å². The summed E-state index contributed by atoms with van der Waals surface area (Å²) in [6.07, 6.45) is 8.45. The van der Waals surface area contributed by atoms with Crippen molar-refractivity contribution in [1.29, 1.82) is 0 Å². The van der Waals surface area contributed by atoms with Gasteiger partial charge in [-0.1, -0.05) is 13.8 Å². The summed E-state index contributed by atoms with van der Waals surface area (Å²) in [6.45, 7) is 3.88. The van der Waals surface area contributed by atoms with E-state index in [2.05, 4.69) is 5.92 Å². The molecule has 0 amide bonds. The fourth-order valence-corrected chi connectivity index (χ4v) is 1.02. The molecule has 0 bridgehead atoms. The smallest absolute Gasteiger partial charge is 0.135 e. The van der Waals surface area contributed by atoms with Crippen LogP contribution in [0, 0.1) is 18.3 Å². The standard InChI is InChI=1S/C10H16O/c1-4-6-7-8-9(3)10(11)5-2/h1,9H,5-8H2,2-3H3. The molecule has 0 fully saturated rings. The maximum Gasteiger partial charge on any atom is 0.135 e. The van der Waals surface area contributed by atoms with Crippen molar-refractivity contribution in [2.75, 3.05) is 0 Å². The van der Waals surface area contributed by atoms with Crippen molar-refractivity contribution in [2.45, 2.75) is 39.5 Å². The average molecular weight is 152 g/mol. The molecule has 0 spiro atoms. The molecule has 1 atom stereocenters. The van der Waals surface area contributed by atoms with E-state index in [1.165, 1.54) is 0 Å². The van der Waals surface area contributed by atoms with Crippen LogP contribution in [0.25, 0.3) is 0 Å². The first-order valence-corrected chi connectivity index (χ1v) is 4.18. The highest BCUT2D eigenvalue weighted by Gasteiger charge is 2.08. The zero-order valence-electron chi connectivity index (χ0n) is 7.39. The molecule has 0 aromatic carbocycles. The van der Waals surface area contributed by atoms with Gasteiger partial charge in [-0.25, -0.2) is 0 Å². The van der Waals surface area contributed by atoms with Gasteiger partial charge in [-0.2, -0.15) is 0 Å². The minimum Gasteiger partial charge on any atom is -0.299 e. The van der Waals surface area contributed by atoms with Gasteiger partial charge in [0.15, 0.2) is 0 Å². The molecule has 0 N–H and O–H groups in total. The summed E-state index contributed by atoms with van der Waals surface area (Å²) in [4.78, 5) is 11.1. The molecule has 1 unspecified atom stereocenters. The molecule has 0 aliphatic rings. The topological polar surface area (TPSA) is 17.1 Å². The van der Waals surface area contributed by atoms with Crippen molar-refractivity contribution in [2.24, 2.45) is 5.92 Å². The molecule has 0 aliphatic heterocycles. The maximum absolute atomic E-state index is 11.1. The van der Waals surface area contributed by atoms with Gasteiger partial charge in [0.1, 0.15) is 5.78 Å². The number of carbonyl (C=O) groups excluding carboxylic acids is 1. The molecule has 0 rings (SSSR count). The van der Waals surface area contributed by atoms with Crippen LogP contribution >= 0.6 is 0 Å². The van der Waals surface area contributed by atoms with E-state index in [0.717, 1.165) is 19.3 Å². The Morgan fingerprint density at radius 2 is 2.27 bits per heavy atom. The van der Waals surface area contributed by atoms with Crippen molar-refractivity contribution in [3.8, 4) is 12.3 Å². The quantitative estimate of drug-likeness (QED) is 0.436. The van der Waals surface area contributed by atoms with Gasteiger partial charge in [0.2, 0.25) is 0 Å². The summed E-state index contributed by atoms with van der Waals surface area (Å²) in [5.74, 6) is 3.12. The number of hydrogen-bond donors (Lipinski definition) is 0. The molecule has 1 nitrogen and oxygen atoms in total. The summed E-state index contributed by atoms with van der Waals surface area (Å²) in [6, 6.07) is 0. The van der Waals surface area contributed by atoms with Crippen molar-refractivity contribution in [3.63, 3.8) is 0 Å². The van der Waals surface area contributed by atoms with Crippen molar-refractivity contribution in [1.82, 2.24) is 0 Å². The van der Waals surface area contributed by atoms with Crippen LogP contribution in [0.1, 0.15) is 39.5 Å². The predicted molar refractivity (Wildman–Crippen MR) is 47.1 cm³/mol. The molecule has 1 heteroatoms. The second kappa shape index (κ2) is 5.97. The summed E-state index contributed by atoms with van der Waals surface area (Å²) in [5, 5.41) is 0. The van der Waals surface area contributed by atoms with Gasteiger partial charge in [0, 0.05) is 18.8 Å². The predicted octanol–water partition coefficient (Wildman–Crippen LogP) is 2.41. The second-order valence-electron chi connectivity index (χ2n) is 2.82. The third-order valence-corrected chi connectivity index (χ3v) is 1.86. The lowest BCUT2D eigenvalue weighted by Gasteiger charge is -2.06. The molecule has 0 saturated carbocycles. The Bertz CT molecular complexity index is 153. The van der Waals surface area contributed by atoms with Crippen molar-refractivity contribution >= 4 is 5.78 Å². The Morgan fingerprint density at radius 1 is 1.64 bits per heavy atom. The molecular weight excluding hydrogens is 136 g/mol. The van der Waals surface area contributed by atoms with Crippen molar-refractivity contribution in [3.05, 3.63) is 0 Å². The third-order valence-electron chi connectivity index (χ3n) is 1.86. The minimum atomic E-state index is 0.202. The van der Waals surface area contributed by atoms with E-state index in [-0.39, 0.29) is 5.92 Å². The largest absolute Gasteiger partial charge is 0.299 e. The number of terminal acetylenes is 1. The first kappa shape index (κ1) is 10.2. The van der Waals surface area contributed by atoms with Gasteiger partial charge in [-0.3, -0.25) is 4.79 Å². The molecule has 0 aliphatic carbocycles. The second-order valence-corrected chi connectivity index (χ2v) is 2.82. The highest BCUT2D eigenvalue weighted by atomic mass is 16.1. The van der Waals surface area contributed by atoms with Crippen LogP contribution in [0.2, 0.25) is 0 Å². The lowest BCUT2D eigenvalue weighted by molar-refractivity contribution is -0.122. The zero-order chi connectivity index (χ0) is 8.69. The van der Waals surface area contributed by atoms with Crippen LogP contribution < -0.4 is 0 Å². The minimum absolute atomic E-state index is 0.202. The summed E-state index contributed by atoms with van der Waals surface area (Å²) >= 11 is 0. The van der Waals surface area contributed by atoms with Crippen LogP contribution in [-0.4, -0.2) is 5.78 Å². The Labute approximate surface area is 69.2 Å². The summed E-state index contributed by atoms with van der Waals surface area (Å²) in [5.41, 5.74) is 0. The van der Waals surface area contributed by atoms with Gasteiger partial charge in [0.25, 0.3) is 0 Å². The molecular formula is C10H16O. The Balaban J connectivity index is 3.45. The van der Waals surface area contributed by atoms with Crippen LogP contribution in [0.3, 0.4) is 0 Å². The van der Waals surface area contributed by atoms with Gasteiger partial charge in [-0.05, 0) is 12.8 Å². The van der Waals surface area contributed by atoms with Gasteiger partial charge in [-0.15, -0.1) is 12.3 Å². The van der Waals surface area contributed by atoms with E-state index in [1.54, 1.807) is 0 Å². The third kappa shape index (κ3) is 4.61. The van der Waals surface area contributed by atoms with E-state index in [9.17, 15) is 4.79 Å². The summed E-state index contributed by atoms with van der Waals surface area (Å²) < 4.78 is 0. The fraction of sp³-hybridized carbons (Fsp3) is 0.700. The van der Waals surface area contributed by atoms with Crippen LogP contribution in [-0.2, 0) is 4.79 Å². The normalized spacial score (nSPS) is 12.1. The first-order chi connectivity index (χ1) is 5.22. The van der Waals surface area contributed by atoms with E-state index < -0.39 is 0 Å². The number of carbonyl (C=O) groups is 1. The van der Waals surface area contributed by atoms with Crippen molar-refractivity contribution < 1.29 is 4.79 Å². The molecule has 0 saturated heterocycles. The molecule has 62 valence electrons. The fourth-order valence-electron chi connectivity index (χ4n) is 1.02. The van der Waals surface area contributed by atoms with Crippen LogP contribution in [0.5, 0.6) is 0 Å². The number of Topliss-reactive ketones (excluding diaryl/α,β-unsaturated/α-hetero) is 1. The zero-order valence-corrected chi connectivity index (χ0v) is 7.39. The number of unbranched alkanes of at least 4 members (excludes halogenated alkanes) is 1. The SMILES string of the molecule is C#CCCCC(C)C(=O)CC. The van der Waals surface area contributed by atoms with Gasteiger partial charge in [0.05, 0.1) is 0 Å². The number of rotatable bonds is 5. The van der Waals surface area contributed by atoms with E-state index in [0.29, 0.717) is 12.2 Å². The highest BCUT2D eigenvalue weighted by molar-refractivity contribution is 5.80. The molecule has 0 aromatic heterocycles. The molecule has 0 aromatic rings. The van der Waals surface area contributed by atoms with E-state index >= 15 is 0 Å². The Hall–Kier alpha value is -0.770. The van der Waals surface area contributed by atoms with Crippen LogP contribution in [0.15, 0.2) is 0 Å². The first-order valence-electron chi connectivity index (χ1n) is 4.18. The number of ketones is 1. The van der Waals surface area contributed by atoms with E-state index in [1.807, 2.05) is 13.8 Å². The lowest BCUT2D eigenvalue weighted by atomic mass is 9.98. The average Bonchev–Trinajstić information content (AvgIpc) is 2.03. The molecule has 0 radical (unpaired) electrons. The molecule has 11 heavy (non-hydrogen) atoms. The van der Waals surface area contributed by atoms with Crippen LogP contribution in [0.4, 0.5) is 0 Å². The van der Waals surface area contributed by atoms with Gasteiger partial charge >= 0.3 is 0 Å².